The lowest BCUT2D eigenvalue weighted by Gasteiger charge is -2.27. The van der Waals surface area contributed by atoms with E-state index in [1.54, 1.807) is 6.92 Å². The van der Waals surface area contributed by atoms with E-state index in [-0.39, 0.29) is 23.3 Å². The van der Waals surface area contributed by atoms with Crippen molar-refractivity contribution in [3.8, 4) is 5.69 Å². The minimum absolute atomic E-state index is 0.0413. The lowest BCUT2D eigenvalue weighted by molar-refractivity contribution is -0.704. The number of hydrogen-bond donors (Lipinski definition) is 2. The summed E-state index contributed by atoms with van der Waals surface area (Å²) in [5, 5.41) is 6.20. The van der Waals surface area contributed by atoms with E-state index in [1.807, 2.05) is 48.5 Å². The Bertz CT molecular complexity index is 1480. The van der Waals surface area contributed by atoms with Crippen molar-refractivity contribution in [3.63, 3.8) is 0 Å². The second-order valence-corrected chi connectivity index (χ2v) is 10.7. The first-order chi connectivity index (χ1) is 18.5. The van der Waals surface area contributed by atoms with Gasteiger partial charge in [0.2, 0.25) is 11.6 Å². The van der Waals surface area contributed by atoms with Crippen LogP contribution >= 0.6 is 23.1 Å². The number of hydrogen-bond acceptors (Lipinski definition) is 8. The average Bonchev–Trinajstić information content (AvgIpc) is 3.47. The molecule has 196 valence electrons. The quantitative estimate of drug-likeness (QED) is 0.185. The van der Waals surface area contributed by atoms with Crippen LogP contribution in [0.5, 0.6) is 0 Å². The predicted octanol–water partition coefficient (Wildman–Crippen LogP) is 3.77. The summed E-state index contributed by atoms with van der Waals surface area (Å²) in [4.78, 5) is 41.5. The SMILES string of the molecule is CCOC(=O)c1c(NC(=O)CSc2c(=O)o[nH][n+]2-c2ccccc2)sc2c1CCN(Cc1ccccc1)C2. The summed E-state index contributed by atoms with van der Waals surface area (Å²) < 4.78 is 11.8. The van der Waals surface area contributed by atoms with Gasteiger partial charge in [0.1, 0.15) is 5.00 Å². The van der Waals surface area contributed by atoms with E-state index < -0.39 is 11.6 Å². The minimum atomic E-state index is -0.566. The minimum Gasteiger partial charge on any atom is -0.462 e. The van der Waals surface area contributed by atoms with Crippen LogP contribution in [-0.2, 0) is 29.0 Å². The van der Waals surface area contributed by atoms with Gasteiger partial charge >= 0.3 is 16.6 Å². The molecule has 2 aromatic carbocycles. The third kappa shape index (κ3) is 5.74. The Kier molecular flexibility index (Phi) is 8.06. The van der Waals surface area contributed by atoms with Gasteiger partial charge in [-0.25, -0.2) is 9.59 Å². The molecule has 0 radical (unpaired) electrons. The number of para-hydroxylation sites is 1. The zero-order chi connectivity index (χ0) is 26.5. The molecule has 0 saturated heterocycles. The fourth-order valence-corrected chi connectivity index (χ4v) is 6.44. The van der Waals surface area contributed by atoms with Gasteiger partial charge in [-0.3, -0.25) is 14.2 Å². The van der Waals surface area contributed by atoms with E-state index in [1.165, 1.54) is 21.6 Å². The van der Waals surface area contributed by atoms with E-state index in [4.69, 9.17) is 9.26 Å². The molecule has 0 spiro atoms. The standard InChI is InChI=1S/C27H26N4O5S2/c1-2-35-26(33)23-20-13-14-30(15-18-9-5-3-6-10-18)16-21(20)38-24(23)28-22(32)17-37-25-27(34)36-29-31(25)19-11-7-4-8-12-19/h3-12H,2,13-17H2,1H3,(H-,28,29,32,33,34)/p+1. The normalized spacial score (nSPS) is 13.2. The van der Waals surface area contributed by atoms with Crippen molar-refractivity contribution in [1.82, 2.24) is 10.2 Å². The second-order valence-electron chi connectivity index (χ2n) is 8.67. The Morgan fingerprint density at radius 2 is 1.89 bits per heavy atom. The molecule has 38 heavy (non-hydrogen) atoms. The number of carbonyl (C=O) groups excluding carboxylic acids is 2. The number of H-pyrrole nitrogens is 1. The zero-order valence-corrected chi connectivity index (χ0v) is 22.4. The maximum Gasteiger partial charge on any atom is 0.442 e. The van der Waals surface area contributed by atoms with E-state index in [2.05, 4.69) is 27.6 Å². The Balaban J connectivity index is 1.32. The number of fused-ring (bicyclic) bond motifs is 1. The van der Waals surface area contributed by atoms with Gasteiger partial charge in [0.05, 0.1) is 17.9 Å². The fraction of sp³-hybridized carbons (Fsp3) is 0.259. The number of amides is 1. The number of rotatable bonds is 9. The van der Waals surface area contributed by atoms with Crippen LogP contribution in [0.4, 0.5) is 5.00 Å². The van der Waals surface area contributed by atoms with Crippen molar-refractivity contribution in [1.29, 1.82) is 0 Å². The number of aromatic nitrogens is 2. The molecule has 4 aromatic rings. The monoisotopic (exact) mass is 551 g/mol. The number of aromatic amines is 1. The maximum atomic E-state index is 13.0. The molecule has 5 rings (SSSR count). The fourth-order valence-electron chi connectivity index (χ4n) is 4.37. The smallest absolute Gasteiger partial charge is 0.442 e. The van der Waals surface area contributed by atoms with Crippen molar-refractivity contribution in [2.75, 3.05) is 24.2 Å². The lowest BCUT2D eigenvalue weighted by atomic mass is 10.0. The summed E-state index contributed by atoms with van der Waals surface area (Å²) >= 11 is 2.47. The molecule has 0 fully saturated rings. The third-order valence-electron chi connectivity index (χ3n) is 6.08. The highest BCUT2D eigenvalue weighted by molar-refractivity contribution is 7.99. The maximum absolute atomic E-state index is 13.0. The summed E-state index contributed by atoms with van der Waals surface area (Å²) in [5.41, 5.74) is 2.74. The molecule has 3 heterocycles. The number of thioether (sulfide) groups is 1. The van der Waals surface area contributed by atoms with E-state index in [0.29, 0.717) is 29.2 Å². The van der Waals surface area contributed by atoms with Gasteiger partial charge in [-0.2, -0.15) is 0 Å². The van der Waals surface area contributed by atoms with Gasteiger partial charge in [-0.1, -0.05) is 48.5 Å². The molecule has 0 atom stereocenters. The van der Waals surface area contributed by atoms with Crippen LogP contribution in [0.25, 0.3) is 5.69 Å². The highest BCUT2D eigenvalue weighted by atomic mass is 32.2. The topological polar surface area (TPSA) is 109 Å². The van der Waals surface area contributed by atoms with Gasteiger partial charge in [-0.15, -0.1) is 11.3 Å². The van der Waals surface area contributed by atoms with Gasteiger partial charge in [-0.05, 0) is 46.2 Å². The highest BCUT2D eigenvalue weighted by Gasteiger charge is 2.30. The van der Waals surface area contributed by atoms with Crippen LogP contribution in [0.15, 0.2) is 75.0 Å². The first kappa shape index (κ1) is 26.0. The van der Waals surface area contributed by atoms with Crippen LogP contribution < -0.4 is 15.6 Å². The van der Waals surface area contributed by atoms with Crippen molar-refractivity contribution < 1.29 is 23.5 Å². The summed E-state index contributed by atoms with van der Waals surface area (Å²) in [5.74, 6) is -0.807. The number of nitrogens with zero attached hydrogens (tertiary/aromatic N) is 2. The van der Waals surface area contributed by atoms with Crippen molar-refractivity contribution in [2.45, 2.75) is 31.5 Å². The molecule has 1 aliphatic rings. The molecule has 11 heteroatoms. The number of carbonyl (C=O) groups is 2. The van der Waals surface area contributed by atoms with E-state index in [0.717, 1.165) is 35.3 Å². The summed E-state index contributed by atoms with van der Waals surface area (Å²) in [6, 6.07) is 19.4. The average molecular weight is 552 g/mol. The third-order valence-corrected chi connectivity index (χ3v) is 8.24. The summed E-state index contributed by atoms with van der Waals surface area (Å²) in [7, 11) is 0. The molecule has 1 aliphatic heterocycles. The van der Waals surface area contributed by atoms with Crippen LogP contribution in [0.3, 0.4) is 0 Å². The Hall–Kier alpha value is -3.67. The number of thiophene rings is 1. The van der Waals surface area contributed by atoms with Gasteiger partial charge in [0, 0.05) is 36.6 Å². The van der Waals surface area contributed by atoms with Gasteiger partial charge in [0.15, 0.2) is 0 Å². The van der Waals surface area contributed by atoms with Crippen LogP contribution in [0.2, 0.25) is 0 Å². The molecule has 0 saturated carbocycles. The highest BCUT2D eigenvalue weighted by Crippen LogP contribution is 2.38. The number of anilines is 1. The molecule has 0 unspecified atom stereocenters. The molecule has 0 bridgehead atoms. The predicted molar refractivity (Wildman–Crippen MR) is 145 cm³/mol. The van der Waals surface area contributed by atoms with Crippen molar-refractivity contribution in [2.24, 2.45) is 0 Å². The molecule has 1 amide bonds. The number of ether oxygens (including phenoxy) is 1. The van der Waals surface area contributed by atoms with E-state index in [9.17, 15) is 14.4 Å². The number of benzene rings is 2. The molecular formula is C27H27N4O5S2+. The Labute approximate surface area is 227 Å². The lowest BCUT2D eigenvalue weighted by Crippen LogP contribution is -2.36. The Morgan fingerprint density at radius 3 is 2.63 bits per heavy atom. The van der Waals surface area contributed by atoms with Crippen molar-refractivity contribution in [3.05, 3.63) is 92.7 Å². The Morgan fingerprint density at radius 1 is 1.16 bits per heavy atom. The van der Waals surface area contributed by atoms with Gasteiger partial charge in [0.25, 0.3) is 0 Å². The second kappa shape index (κ2) is 11.8. The van der Waals surface area contributed by atoms with Crippen molar-refractivity contribution >= 4 is 40.0 Å². The largest absolute Gasteiger partial charge is 0.462 e. The van der Waals surface area contributed by atoms with Crippen LogP contribution in [0, 0.1) is 0 Å². The first-order valence-electron chi connectivity index (χ1n) is 12.2. The molecule has 2 aromatic heterocycles. The zero-order valence-electron chi connectivity index (χ0n) is 20.8. The van der Waals surface area contributed by atoms with Crippen LogP contribution in [-0.4, -0.2) is 41.0 Å². The number of nitrogens with one attached hydrogen (secondary N) is 2. The summed E-state index contributed by atoms with van der Waals surface area (Å²) in [6.45, 7) is 4.31. The molecular weight excluding hydrogens is 524 g/mol. The number of esters is 1. The molecule has 2 N–H and O–H groups in total. The van der Waals surface area contributed by atoms with E-state index >= 15 is 0 Å². The summed E-state index contributed by atoms with van der Waals surface area (Å²) in [6.07, 6.45) is 0.693. The molecule has 9 nitrogen and oxygen atoms in total. The van der Waals surface area contributed by atoms with Crippen LogP contribution in [0.1, 0.15) is 33.3 Å². The first-order valence-corrected chi connectivity index (χ1v) is 14.0. The molecule has 0 aliphatic carbocycles. The van der Waals surface area contributed by atoms with Gasteiger partial charge < -0.3 is 10.1 Å².